The normalized spacial score (nSPS) is 12.8. The predicted octanol–water partition coefficient (Wildman–Crippen LogP) is 5.15. The summed E-state index contributed by atoms with van der Waals surface area (Å²) >= 11 is 0. The molecule has 0 aliphatic rings. The van der Waals surface area contributed by atoms with Crippen molar-refractivity contribution in [2.24, 2.45) is 0 Å². The van der Waals surface area contributed by atoms with Crippen LogP contribution in [0.1, 0.15) is 49.4 Å². The van der Waals surface area contributed by atoms with Crippen molar-refractivity contribution in [2.75, 3.05) is 18.0 Å². The lowest BCUT2D eigenvalue weighted by molar-refractivity contribution is -0.139. The number of hydrogen-bond acceptors (Lipinski definition) is 5. The number of sulfonamides is 1. The SMILES string of the molecule is CC[C@H](C)NC(=O)[C@H](C)N(Cc1ccc(OC)cc1)C(=O)CN(c1cc(C)cc(C)c1)S(=O)(=O)c1ccc(C)cc1. The van der Waals surface area contributed by atoms with E-state index < -0.39 is 28.5 Å². The van der Waals surface area contributed by atoms with E-state index in [0.29, 0.717) is 11.4 Å². The van der Waals surface area contributed by atoms with Crippen molar-refractivity contribution >= 4 is 27.5 Å². The zero-order valence-electron chi connectivity index (χ0n) is 25.0. The fourth-order valence-corrected chi connectivity index (χ4v) is 5.83. The fraction of sp³-hybridized carbons (Fsp3) is 0.375. The van der Waals surface area contributed by atoms with Gasteiger partial charge in [-0.05, 0) is 94.1 Å². The summed E-state index contributed by atoms with van der Waals surface area (Å²) in [5.41, 5.74) is 3.82. The van der Waals surface area contributed by atoms with Gasteiger partial charge < -0.3 is 15.0 Å². The number of carbonyl (C=O) groups excluding carboxylic acids is 2. The first-order chi connectivity index (χ1) is 19.3. The van der Waals surface area contributed by atoms with Gasteiger partial charge in [0.15, 0.2) is 0 Å². The molecule has 0 saturated carbocycles. The molecule has 9 heteroatoms. The molecule has 0 aliphatic carbocycles. The zero-order chi connectivity index (χ0) is 30.3. The molecule has 2 atom stereocenters. The molecule has 0 saturated heterocycles. The number of amides is 2. The number of methoxy groups -OCH3 is 1. The molecule has 3 aromatic carbocycles. The minimum Gasteiger partial charge on any atom is -0.497 e. The van der Waals surface area contributed by atoms with Crippen molar-refractivity contribution in [2.45, 2.75) is 71.5 Å². The molecular weight excluding hydrogens is 538 g/mol. The molecule has 2 amide bonds. The molecule has 0 bridgehead atoms. The van der Waals surface area contributed by atoms with Crippen LogP contribution in [-0.2, 0) is 26.2 Å². The Kier molecular flexibility index (Phi) is 10.6. The molecule has 1 N–H and O–H groups in total. The van der Waals surface area contributed by atoms with Gasteiger partial charge in [-0.15, -0.1) is 0 Å². The number of hydrogen-bond donors (Lipinski definition) is 1. The van der Waals surface area contributed by atoms with E-state index in [2.05, 4.69) is 5.32 Å². The molecule has 0 fully saturated rings. The molecular formula is C32H41N3O5S. The van der Waals surface area contributed by atoms with Gasteiger partial charge in [-0.1, -0.05) is 42.8 Å². The third-order valence-electron chi connectivity index (χ3n) is 7.06. The first-order valence-electron chi connectivity index (χ1n) is 13.8. The topological polar surface area (TPSA) is 96.0 Å². The maximum atomic E-state index is 14.1. The summed E-state index contributed by atoms with van der Waals surface area (Å²) in [5, 5.41) is 2.95. The van der Waals surface area contributed by atoms with Crippen LogP contribution < -0.4 is 14.4 Å². The van der Waals surface area contributed by atoms with Gasteiger partial charge in [-0.2, -0.15) is 0 Å². The van der Waals surface area contributed by atoms with E-state index in [1.54, 1.807) is 62.6 Å². The second-order valence-electron chi connectivity index (χ2n) is 10.5. The van der Waals surface area contributed by atoms with E-state index in [9.17, 15) is 18.0 Å². The summed E-state index contributed by atoms with van der Waals surface area (Å²) in [7, 11) is -2.54. The Morgan fingerprint density at radius 1 is 0.878 bits per heavy atom. The highest BCUT2D eigenvalue weighted by molar-refractivity contribution is 7.92. The summed E-state index contributed by atoms with van der Waals surface area (Å²) in [4.78, 5) is 28.8. The molecule has 0 radical (unpaired) electrons. The van der Waals surface area contributed by atoms with Crippen molar-refractivity contribution in [3.63, 3.8) is 0 Å². The minimum absolute atomic E-state index is 0.0726. The summed E-state index contributed by atoms with van der Waals surface area (Å²) in [6, 6.07) is 18.3. The van der Waals surface area contributed by atoms with Gasteiger partial charge in [0.05, 0.1) is 17.7 Å². The lowest BCUT2D eigenvalue weighted by Crippen LogP contribution is -2.52. The third kappa shape index (κ3) is 8.10. The summed E-state index contributed by atoms with van der Waals surface area (Å²) in [6.45, 7) is 10.8. The third-order valence-corrected chi connectivity index (χ3v) is 8.85. The van der Waals surface area contributed by atoms with Gasteiger partial charge in [0, 0.05) is 12.6 Å². The molecule has 0 aromatic heterocycles. The van der Waals surface area contributed by atoms with E-state index >= 15 is 0 Å². The molecule has 3 aromatic rings. The Balaban J connectivity index is 2.05. The van der Waals surface area contributed by atoms with Gasteiger partial charge in [0.2, 0.25) is 11.8 Å². The first-order valence-corrected chi connectivity index (χ1v) is 15.2. The van der Waals surface area contributed by atoms with Crippen LogP contribution in [0.15, 0.2) is 71.6 Å². The number of benzene rings is 3. The average molecular weight is 580 g/mol. The van der Waals surface area contributed by atoms with Crippen LogP contribution in [0.3, 0.4) is 0 Å². The number of aryl methyl sites for hydroxylation is 3. The van der Waals surface area contributed by atoms with Gasteiger partial charge in [0.1, 0.15) is 18.3 Å². The second kappa shape index (κ2) is 13.7. The van der Waals surface area contributed by atoms with Crippen LogP contribution in [-0.4, -0.2) is 50.9 Å². The smallest absolute Gasteiger partial charge is 0.264 e. The van der Waals surface area contributed by atoms with Crippen molar-refractivity contribution in [3.05, 3.63) is 89.0 Å². The van der Waals surface area contributed by atoms with Crippen LogP contribution in [0.4, 0.5) is 5.69 Å². The molecule has 0 spiro atoms. The number of anilines is 1. The van der Waals surface area contributed by atoms with E-state index in [1.165, 1.54) is 4.90 Å². The molecule has 220 valence electrons. The monoisotopic (exact) mass is 579 g/mol. The highest BCUT2D eigenvalue weighted by Gasteiger charge is 2.33. The van der Waals surface area contributed by atoms with Crippen LogP contribution in [0, 0.1) is 20.8 Å². The molecule has 0 unspecified atom stereocenters. The molecule has 0 heterocycles. The van der Waals surface area contributed by atoms with Gasteiger partial charge >= 0.3 is 0 Å². The van der Waals surface area contributed by atoms with Crippen LogP contribution in [0.2, 0.25) is 0 Å². The first kappa shape index (κ1) is 31.7. The van der Waals surface area contributed by atoms with E-state index in [-0.39, 0.29) is 23.4 Å². The number of nitrogens with one attached hydrogen (secondary N) is 1. The number of ether oxygens (including phenoxy) is 1. The van der Waals surface area contributed by atoms with E-state index in [1.807, 2.05) is 52.8 Å². The number of carbonyl (C=O) groups is 2. The van der Waals surface area contributed by atoms with Crippen molar-refractivity contribution in [1.29, 1.82) is 0 Å². The molecule has 3 rings (SSSR count). The molecule has 41 heavy (non-hydrogen) atoms. The maximum absolute atomic E-state index is 14.1. The largest absolute Gasteiger partial charge is 0.497 e. The lowest BCUT2D eigenvalue weighted by Gasteiger charge is -2.32. The molecule has 8 nitrogen and oxygen atoms in total. The zero-order valence-corrected chi connectivity index (χ0v) is 25.8. The van der Waals surface area contributed by atoms with E-state index in [4.69, 9.17) is 4.74 Å². The Morgan fingerprint density at radius 2 is 1.46 bits per heavy atom. The quantitative estimate of drug-likeness (QED) is 0.320. The standard InChI is InChI=1S/C32H41N3O5S/c1-8-25(5)33-32(37)26(6)34(20-27-11-13-29(40-7)14-12-27)31(36)21-35(28-18-23(3)17-24(4)19-28)41(38,39)30-15-9-22(2)10-16-30/h9-19,25-26H,8,20-21H2,1-7H3,(H,33,37)/t25-,26-/m0/s1. The van der Waals surface area contributed by atoms with Crippen molar-refractivity contribution < 1.29 is 22.7 Å². The van der Waals surface area contributed by atoms with Crippen molar-refractivity contribution in [3.8, 4) is 5.75 Å². The van der Waals surface area contributed by atoms with Gasteiger partial charge in [-0.25, -0.2) is 8.42 Å². The van der Waals surface area contributed by atoms with Crippen LogP contribution >= 0.6 is 0 Å². The van der Waals surface area contributed by atoms with Crippen molar-refractivity contribution in [1.82, 2.24) is 10.2 Å². The Hall–Kier alpha value is -3.85. The average Bonchev–Trinajstić information content (AvgIpc) is 2.93. The Bertz CT molecular complexity index is 1430. The van der Waals surface area contributed by atoms with Crippen LogP contribution in [0.5, 0.6) is 5.75 Å². The summed E-state index contributed by atoms with van der Waals surface area (Å²) in [6.07, 6.45) is 0.736. The molecule has 0 aliphatic heterocycles. The minimum atomic E-state index is -4.11. The van der Waals surface area contributed by atoms with Gasteiger partial charge in [-0.3, -0.25) is 13.9 Å². The highest BCUT2D eigenvalue weighted by Crippen LogP contribution is 2.27. The Labute approximate surface area is 244 Å². The second-order valence-corrected chi connectivity index (χ2v) is 12.4. The predicted molar refractivity (Wildman–Crippen MR) is 163 cm³/mol. The highest BCUT2D eigenvalue weighted by atomic mass is 32.2. The Morgan fingerprint density at radius 3 is 2.00 bits per heavy atom. The fourth-order valence-electron chi connectivity index (χ4n) is 4.44. The lowest BCUT2D eigenvalue weighted by atomic mass is 10.1. The summed E-state index contributed by atoms with van der Waals surface area (Å²) < 4.78 is 34.4. The summed E-state index contributed by atoms with van der Waals surface area (Å²) in [5.74, 6) is -0.137. The van der Waals surface area contributed by atoms with Gasteiger partial charge in [0.25, 0.3) is 10.0 Å². The number of nitrogens with zero attached hydrogens (tertiary/aromatic N) is 2. The van der Waals surface area contributed by atoms with E-state index in [0.717, 1.165) is 33.0 Å². The maximum Gasteiger partial charge on any atom is 0.264 e. The number of rotatable bonds is 12. The van der Waals surface area contributed by atoms with Crippen LogP contribution in [0.25, 0.3) is 0 Å².